The summed E-state index contributed by atoms with van der Waals surface area (Å²) in [5.41, 5.74) is 1.52. The van der Waals surface area contributed by atoms with Crippen LogP contribution < -0.4 is 10.6 Å². The summed E-state index contributed by atoms with van der Waals surface area (Å²) in [6, 6.07) is 6.88. The Bertz CT molecular complexity index is 535. The summed E-state index contributed by atoms with van der Waals surface area (Å²) in [5.74, 6) is 0.540. The van der Waals surface area contributed by atoms with Crippen LogP contribution in [-0.2, 0) is 0 Å². The number of carbonyl (C=O) groups is 1. The molecule has 106 valence electrons. The molecule has 0 bridgehead atoms. The molecular formula is C14H17N3O3. The van der Waals surface area contributed by atoms with Crippen molar-refractivity contribution in [3.63, 3.8) is 0 Å². The van der Waals surface area contributed by atoms with E-state index in [0.717, 1.165) is 5.56 Å². The summed E-state index contributed by atoms with van der Waals surface area (Å²) < 4.78 is 5.18. The summed E-state index contributed by atoms with van der Waals surface area (Å²) in [5, 5.41) is 14.5. The number of rotatable bonds is 5. The van der Waals surface area contributed by atoms with Gasteiger partial charge in [-0.2, -0.15) is 0 Å². The summed E-state index contributed by atoms with van der Waals surface area (Å²) in [4.78, 5) is 15.6. The molecule has 0 aliphatic heterocycles. The Morgan fingerprint density at radius 3 is 2.75 bits per heavy atom. The van der Waals surface area contributed by atoms with Gasteiger partial charge in [-0.05, 0) is 37.6 Å². The quantitative estimate of drug-likeness (QED) is 0.781. The molecule has 0 aliphatic rings. The number of urea groups is 1. The monoisotopic (exact) mass is 275 g/mol. The zero-order chi connectivity index (χ0) is 14.4. The van der Waals surface area contributed by atoms with Crippen LogP contribution in [0.25, 0.3) is 11.5 Å². The van der Waals surface area contributed by atoms with Crippen molar-refractivity contribution in [3.05, 3.63) is 36.7 Å². The van der Waals surface area contributed by atoms with Crippen LogP contribution in [0.4, 0.5) is 10.5 Å². The SMILES string of the molecule is CC(O)CCNC(=O)Nc1ccc(-c2ncco2)cc1. The molecular weight excluding hydrogens is 258 g/mol. The van der Waals surface area contributed by atoms with Crippen molar-refractivity contribution >= 4 is 11.7 Å². The minimum Gasteiger partial charge on any atom is -0.445 e. The third-order valence-corrected chi connectivity index (χ3v) is 2.67. The number of nitrogens with zero attached hydrogens (tertiary/aromatic N) is 1. The fraction of sp³-hybridized carbons (Fsp3) is 0.286. The molecule has 0 saturated heterocycles. The van der Waals surface area contributed by atoms with E-state index in [9.17, 15) is 4.79 Å². The van der Waals surface area contributed by atoms with Gasteiger partial charge in [0.25, 0.3) is 0 Å². The Kier molecular flexibility index (Phi) is 4.73. The van der Waals surface area contributed by atoms with Gasteiger partial charge < -0.3 is 20.2 Å². The van der Waals surface area contributed by atoms with Gasteiger partial charge in [0.1, 0.15) is 6.26 Å². The Hall–Kier alpha value is -2.34. The predicted molar refractivity (Wildman–Crippen MR) is 75.3 cm³/mol. The zero-order valence-electron chi connectivity index (χ0n) is 11.2. The van der Waals surface area contributed by atoms with Crippen LogP contribution >= 0.6 is 0 Å². The van der Waals surface area contributed by atoms with Crippen molar-refractivity contribution in [1.82, 2.24) is 10.3 Å². The Balaban J connectivity index is 1.86. The highest BCUT2D eigenvalue weighted by Gasteiger charge is 2.04. The minimum atomic E-state index is -0.421. The molecule has 2 amide bonds. The summed E-state index contributed by atoms with van der Waals surface area (Å²) in [6.45, 7) is 2.11. The van der Waals surface area contributed by atoms with E-state index in [1.165, 1.54) is 6.26 Å². The van der Waals surface area contributed by atoms with Crippen LogP contribution in [0.15, 0.2) is 41.1 Å². The van der Waals surface area contributed by atoms with Crippen LogP contribution in [0.1, 0.15) is 13.3 Å². The molecule has 2 rings (SSSR count). The predicted octanol–water partition coefficient (Wildman–Crippen LogP) is 2.23. The van der Waals surface area contributed by atoms with Crippen LogP contribution in [0.2, 0.25) is 0 Å². The number of benzene rings is 1. The van der Waals surface area contributed by atoms with Crippen molar-refractivity contribution in [1.29, 1.82) is 0 Å². The van der Waals surface area contributed by atoms with Crippen molar-refractivity contribution in [3.8, 4) is 11.5 Å². The first kappa shape index (κ1) is 14.1. The molecule has 1 aromatic carbocycles. The highest BCUT2D eigenvalue weighted by Crippen LogP contribution is 2.19. The number of oxazole rings is 1. The van der Waals surface area contributed by atoms with Crippen molar-refractivity contribution in [2.45, 2.75) is 19.4 Å². The summed E-state index contributed by atoms with van der Waals surface area (Å²) >= 11 is 0. The molecule has 6 heteroatoms. The maximum Gasteiger partial charge on any atom is 0.319 e. The highest BCUT2D eigenvalue weighted by molar-refractivity contribution is 5.89. The second-order valence-electron chi connectivity index (χ2n) is 4.43. The van der Waals surface area contributed by atoms with E-state index in [1.54, 1.807) is 25.3 Å². The van der Waals surface area contributed by atoms with Crippen LogP contribution in [0.5, 0.6) is 0 Å². The van der Waals surface area contributed by atoms with Crippen LogP contribution in [0, 0.1) is 0 Å². The third-order valence-electron chi connectivity index (χ3n) is 2.67. The van der Waals surface area contributed by atoms with Gasteiger partial charge in [-0.1, -0.05) is 0 Å². The van der Waals surface area contributed by atoms with E-state index in [-0.39, 0.29) is 6.03 Å². The van der Waals surface area contributed by atoms with E-state index < -0.39 is 6.10 Å². The number of nitrogens with one attached hydrogen (secondary N) is 2. The topological polar surface area (TPSA) is 87.4 Å². The first-order chi connectivity index (χ1) is 9.65. The first-order valence-electron chi connectivity index (χ1n) is 6.38. The first-order valence-corrected chi connectivity index (χ1v) is 6.38. The van der Waals surface area contributed by atoms with E-state index in [4.69, 9.17) is 9.52 Å². The fourth-order valence-corrected chi connectivity index (χ4v) is 1.63. The molecule has 0 spiro atoms. The third kappa shape index (κ3) is 4.10. The second kappa shape index (κ2) is 6.72. The highest BCUT2D eigenvalue weighted by atomic mass is 16.3. The smallest absolute Gasteiger partial charge is 0.319 e. The van der Waals surface area contributed by atoms with Crippen LogP contribution in [-0.4, -0.2) is 28.8 Å². The van der Waals surface area contributed by atoms with Crippen LogP contribution in [0.3, 0.4) is 0 Å². The van der Waals surface area contributed by atoms with Gasteiger partial charge in [0.15, 0.2) is 0 Å². The van der Waals surface area contributed by atoms with Gasteiger partial charge in [-0.3, -0.25) is 0 Å². The maximum absolute atomic E-state index is 11.6. The molecule has 20 heavy (non-hydrogen) atoms. The normalized spacial score (nSPS) is 11.9. The second-order valence-corrected chi connectivity index (χ2v) is 4.43. The Morgan fingerprint density at radius 1 is 1.40 bits per heavy atom. The van der Waals surface area contributed by atoms with Gasteiger partial charge in [0.2, 0.25) is 5.89 Å². The lowest BCUT2D eigenvalue weighted by Gasteiger charge is -2.08. The fourth-order valence-electron chi connectivity index (χ4n) is 1.63. The number of hydrogen-bond acceptors (Lipinski definition) is 4. The minimum absolute atomic E-state index is 0.297. The molecule has 0 saturated carbocycles. The van der Waals surface area contributed by atoms with Gasteiger partial charge >= 0.3 is 6.03 Å². The van der Waals surface area contributed by atoms with Gasteiger partial charge in [0, 0.05) is 17.8 Å². The largest absolute Gasteiger partial charge is 0.445 e. The number of aliphatic hydroxyl groups is 1. The molecule has 1 atom stereocenters. The molecule has 1 heterocycles. The molecule has 6 nitrogen and oxygen atoms in total. The zero-order valence-corrected chi connectivity index (χ0v) is 11.2. The Labute approximate surface area is 116 Å². The molecule has 2 aromatic rings. The summed E-state index contributed by atoms with van der Waals surface area (Å²) in [7, 11) is 0. The Morgan fingerprint density at radius 2 is 2.15 bits per heavy atom. The molecule has 0 aliphatic carbocycles. The summed E-state index contributed by atoms with van der Waals surface area (Å²) in [6.07, 6.45) is 3.19. The lowest BCUT2D eigenvalue weighted by molar-refractivity contribution is 0.184. The molecule has 0 radical (unpaired) electrons. The number of hydrogen-bond donors (Lipinski definition) is 3. The molecule has 1 aromatic heterocycles. The number of amides is 2. The number of aromatic nitrogens is 1. The van der Waals surface area contributed by atoms with E-state index in [0.29, 0.717) is 24.5 Å². The average Bonchev–Trinajstić information content (AvgIpc) is 2.93. The average molecular weight is 275 g/mol. The van der Waals surface area contributed by atoms with Crippen molar-refractivity contribution in [2.24, 2.45) is 0 Å². The van der Waals surface area contributed by atoms with E-state index in [1.807, 2.05) is 12.1 Å². The van der Waals surface area contributed by atoms with Crippen molar-refractivity contribution < 1.29 is 14.3 Å². The molecule has 0 fully saturated rings. The molecule has 1 unspecified atom stereocenters. The van der Waals surface area contributed by atoms with Gasteiger partial charge in [-0.25, -0.2) is 9.78 Å². The maximum atomic E-state index is 11.6. The van der Waals surface area contributed by atoms with E-state index >= 15 is 0 Å². The van der Waals surface area contributed by atoms with Gasteiger partial charge in [0.05, 0.1) is 12.3 Å². The number of carbonyl (C=O) groups excluding carboxylic acids is 1. The molecule has 3 N–H and O–H groups in total. The number of anilines is 1. The number of aliphatic hydroxyl groups excluding tert-OH is 1. The lowest BCUT2D eigenvalue weighted by Crippen LogP contribution is -2.30. The lowest BCUT2D eigenvalue weighted by atomic mass is 10.2. The van der Waals surface area contributed by atoms with Gasteiger partial charge in [-0.15, -0.1) is 0 Å². The standard InChI is InChI=1S/C14H17N3O3/c1-10(18)6-7-16-14(19)17-12-4-2-11(3-5-12)13-15-8-9-20-13/h2-5,8-10,18H,6-7H2,1H3,(H2,16,17,19). The van der Waals surface area contributed by atoms with Crippen molar-refractivity contribution in [2.75, 3.05) is 11.9 Å². The van der Waals surface area contributed by atoms with E-state index in [2.05, 4.69) is 15.6 Å².